The molecule has 20 heavy (non-hydrogen) atoms. The second kappa shape index (κ2) is 6.92. The minimum Gasteiger partial charge on any atom is -0.378 e. The molecular formula is C15H26ClN3O. The first-order valence-corrected chi connectivity index (χ1v) is 7.95. The summed E-state index contributed by atoms with van der Waals surface area (Å²) < 4.78 is 7.65. The summed E-state index contributed by atoms with van der Waals surface area (Å²) in [7, 11) is 1.97. The van der Waals surface area contributed by atoms with Crippen LogP contribution in [0, 0.1) is 12.8 Å². The van der Waals surface area contributed by atoms with E-state index in [0.29, 0.717) is 18.1 Å². The van der Waals surface area contributed by atoms with Gasteiger partial charge in [0.1, 0.15) is 0 Å². The van der Waals surface area contributed by atoms with E-state index >= 15 is 0 Å². The highest BCUT2D eigenvalue weighted by Gasteiger charge is 2.32. The molecule has 5 heteroatoms. The standard InChI is InChI=1S/C15H26ClN3O/c1-5-7-17-13(12-6-8-20-11(12)3)9-14-15(16)10(2)18-19(14)4/h11-13,17H,5-9H2,1-4H3. The molecule has 1 saturated heterocycles. The van der Waals surface area contributed by atoms with E-state index in [1.54, 1.807) is 0 Å². The Morgan fingerprint density at radius 3 is 2.80 bits per heavy atom. The Morgan fingerprint density at radius 1 is 1.55 bits per heavy atom. The molecule has 3 atom stereocenters. The number of rotatable bonds is 6. The fourth-order valence-corrected chi connectivity index (χ4v) is 3.33. The second-order valence-corrected chi connectivity index (χ2v) is 6.14. The summed E-state index contributed by atoms with van der Waals surface area (Å²) in [6, 6.07) is 0.403. The highest BCUT2D eigenvalue weighted by atomic mass is 35.5. The van der Waals surface area contributed by atoms with E-state index in [-0.39, 0.29) is 0 Å². The summed E-state index contributed by atoms with van der Waals surface area (Å²) >= 11 is 6.39. The van der Waals surface area contributed by atoms with Crippen molar-refractivity contribution in [3.8, 4) is 0 Å². The molecule has 114 valence electrons. The van der Waals surface area contributed by atoms with E-state index < -0.39 is 0 Å². The number of ether oxygens (including phenoxy) is 1. The first-order chi connectivity index (χ1) is 9.54. The normalized spacial score (nSPS) is 24.2. The summed E-state index contributed by atoms with van der Waals surface area (Å²) in [6.45, 7) is 8.23. The lowest BCUT2D eigenvalue weighted by Gasteiger charge is -2.27. The molecule has 0 spiro atoms. The van der Waals surface area contributed by atoms with E-state index in [1.165, 1.54) is 0 Å². The van der Waals surface area contributed by atoms with Crippen LogP contribution < -0.4 is 5.32 Å². The van der Waals surface area contributed by atoms with Crippen LogP contribution in [0.5, 0.6) is 0 Å². The number of aryl methyl sites for hydroxylation is 2. The van der Waals surface area contributed by atoms with Gasteiger partial charge in [0.05, 0.1) is 22.5 Å². The molecule has 2 rings (SSSR count). The van der Waals surface area contributed by atoms with Crippen LogP contribution in [0.3, 0.4) is 0 Å². The van der Waals surface area contributed by atoms with Gasteiger partial charge in [0, 0.05) is 32.0 Å². The first-order valence-electron chi connectivity index (χ1n) is 7.57. The third-order valence-electron chi connectivity index (χ3n) is 4.28. The quantitative estimate of drug-likeness (QED) is 0.878. The summed E-state index contributed by atoms with van der Waals surface area (Å²) in [5.41, 5.74) is 2.03. The van der Waals surface area contributed by atoms with Gasteiger partial charge < -0.3 is 10.1 Å². The van der Waals surface area contributed by atoms with Crippen molar-refractivity contribution in [2.45, 2.75) is 52.2 Å². The number of halogens is 1. The van der Waals surface area contributed by atoms with Gasteiger partial charge in [-0.2, -0.15) is 5.10 Å². The average molecular weight is 300 g/mol. The number of aromatic nitrogens is 2. The van der Waals surface area contributed by atoms with Crippen molar-refractivity contribution < 1.29 is 4.74 Å². The third-order valence-corrected chi connectivity index (χ3v) is 4.77. The Bertz CT molecular complexity index is 447. The molecule has 0 saturated carbocycles. The van der Waals surface area contributed by atoms with E-state index in [0.717, 1.165) is 48.8 Å². The maximum atomic E-state index is 6.39. The van der Waals surface area contributed by atoms with Crippen LogP contribution in [-0.2, 0) is 18.2 Å². The van der Waals surface area contributed by atoms with Gasteiger partial charge >= 0.3 is 0 Å². The Balaban J connectivity index is 2.14. The molecule has 1 fully saturated rings. The highest BCUT2D eigenvalue weighted by Crippen LogP contribution is 2.28. The van der Waals surface area contributed by atoms with Gasteiger partial charge in [0.25, 0.3) is 0 Å². The molecule has 0 amide bonds. The largest absolute Gasteiger partial charge is 0.378 e. The van der Waals surface area contributed by atoms with Gasteiger partial charge in [0.15, 0.2) is 0 Å². The molecule has 1 aromatic rings. The van der Waals surface area contributed by atoms with Gasteiger partial charge in [-0.1, -0.05) is 18.5 Å². The predicted octanol–water partition coefficient (Wildman–Crippen LogP) is 2.72. The molecule has 0 bridgehead atoms. The van der Waals surface area contributed by atoms with Crippen LogP contribution in [0.15, 0.2) is 0 Å². The van der Waals surface area contributed by atoms with Crippen molar-refractivity contribution >= 4 is 11.6 Å². The van der Waals surface area contributed by atoms with Crippen LogP contribution in [0.1, 0.15) is 38.1 Å². The molecule has 2 heterocycles. The topological polar surface area (TPSA) is 39.1 Å². The zero-order chi connectivity index (χ0) is 14.7. The lowest BCUT2D eigenvalue weighted by Crippen LogP contribution is -2.41. The summed E-state index contributed by atoms with van der Waals surface area (Å²) in [5.74, 6) is 0.549. The smallest absolute Gasteiger partial charge is 0.0847 e. The Hall–Kier alpha value is -0.580. The highest BCUT2D eigenvalue weighted by molar-refractivity contribution is 6.31. The molecule has 1 N–H and O–H groups in total. The maximum Gasteiger partial charge on any atom is 0.0847 e. The van der Waals surface area contributed by atoms with Gasteiger partial charge in [0.2, 0.25) is 0 Å². The minimum atomic E-state index is 0.317. The average Bonchev–Trinajstić information content (AvgIpc) is 2.93. The van der Waals surface area contributed by atoms with Gasteiger partial charge in [-0.15, -0.1) is 0 Å². The molecule has 1 aliphatic heterocycles. The van der Waals surface area contributed by atoms with E-state index in [2.05, 4.69) is 24.3 Å². The number of hydrogen-bond acceptors (Lipinski definition) is 3. The van der Waals surface area contributed by atoms with Crippen molar-refractivity contribution in [3.05, 3.63) is 16.4 Å². The zero-order valence-electron chi connectivity index (χ0n) is 12.9. The van der Waals surface area contributed by atoms with Crippen molar-refractivity contribution in [1.29, 1.82) is 0 Å². The minimum absolute atomic E-state index is 0.317. The molecule has 0 radical (unpaired) electrons. The van der Waals surface area contributed by atoms with Gasteiger partial charge in [-0.3, -0.25) is 4.68 Å². The monoisotopic (exact) mass is 299 g/mol. The molecule has 0 aliphatic carbocycles. The molecule has 0 aromatic carbocycles. The summed E-state index contributed by atoms with van der Waals surface area (Å²) in [5, 5.41) is 8.90. The number of nitrogens with zero attached hydrogens (tertiary/aromatic N) is 2. The van der Waals surface area contributed by atoms with Crippen LogP contribution in [0.4, 0.5) is 0 Å². The van der Waals surface area contributed by atoms with Crippen molar-refractivity contribution in [1.82, 2.24) is 15.1 Å². The fraction of sp³-hybridized carbons (Fsp3) is 0.800. The summed E-state index contributed by atoms with van der Waals surface area (Å²) in [4.78, 5) is 0. The fourth-order valence-electron chi connectivity index (χ4n) is 3.09. The predicted molar refractivity (Wildman–Crippen MR) is 82.3 cm³/mol. The van der Waals surface area contributed by atoms with Crippen LogP contribution >= 0.6 is 11.6 Å². The van der Waals surface area contributed by atoms with Crippen LogP contribution in [0.2, 0.25) is 5.02 Å². The van der Waals surface area contributed by atoms with Gasteiger partial charge in [-0.25, -0.2) is 0 Å². The maximum absolute atomic E-state index is 6.39. The molecule has 3 unspecified atom stereocenters. The zero-order valence-corrected chi connectivity index (χ0v) is 13.7. The SMILES string of the molecule is CCCNC(Cc1c(Cl)c(C)nn1C)C1CCOC1C. The lowest BCUT2D eigenvalue weighted by molar-refractivity contribution is 0.0951. The van der Waals surface area contributed by atoms with Gasteiger partial charge in [-0.05, 0) is 33.2 Å². The second-order valence-electron chi connectivity index (χ2n) is 5.76. The van der Waals surface area contributed by atoms with Crippen molar-refractivity contribution in [2.75, 3.05) is 13.2 Å². The Morgan fingerprint density at radius 2 is 2.30 bits per heavy atom. The molecule has 1 aliphatic rings. The first kappa shape index (κ1) is 15.8. The third kappa shape index (κ3) is 3.35. The van der Waals surface area contributed by atoms with Crippen LogP contribution in [0.25, 0.3) is 0 Å². The number of nitrogens with one attached hydrogen (secondary N) is 1. The Kier molecular flexibility index (Phi) is 5.47. The molecular weight excluding hydrogens is 274 g/mol. The van der Waals surface area contributed by atoms with Crippen molar-refractivity contribution in [3.63, 3.8) is 0 Å². The summed E-state index contributed by atoms with van der Waals surface area (Å²) in [6.07, 6.45) is 3.49. The van der Waals surface area contributed by atoms with E-state index in [1.807, 2.05) is 18.7 Å². The van der Waals surface area contributed by atoms with E-state index in [9.17, 15) is 0 Å². The van der Waals surface area contributed by atoms with Crippen molar-refractivity contribution in [2.24, 2.45) is 13.0 Å². The number of hydrogen-bond donors (Lipinski definition) is 1. The van der Waals surface area contributed by atoms with Crippen LogP contribution in [-0.4, -0.2) is 35.1 Å². The molecule has 1 aromatic heterocycles. The van der Waals surface area contributed by atoms with E-state index in [4.69, 9.17) is 16.3 Å². The lowest BCUT2D eigenvalue weighted by atomic mass is 9.90. The molecule has 4 nitrogen and oxygen atoms in total. The Labute approximate surface area is 126 Å².